The maximum absolute atomic E-state index is 13.8. The van der Waals surface area contributed by atoms with Gasteiger partial charge in [0.15, 0.2) is 5.84 Å². The number of likely N-dealkylation sites (tertiary alicyclic amines) is 1. The standard InChI is InChI=1S/C28H27N7O/c1-27(2)24-12-18-11-22-23(34-25(33-22)17-6-8-31-32-14-17)13-19(18)28(27,3)7-9-35(24)26(36)16-4-5-20-21(10-16)30-15-29-20/h4-6,8,10,13-15,24H,7,9,11-12H2,1-3H3,(H,29,30)/t24-,28-/m1/s1. The second-order valence-corrected chi connectivity index (χ2v) is 11.0. The van der Waals surface area contributed by atoms with Crippen LogP contribution in [0.1, 0.15) is 56.0 Å². The van der Waals surface area contributed by atoms with Gasteiger partial charge in [-0.25, -0.2) is 15.0 Å². The molecule has 2 aliphatic carbocycles. The Balaban J connectivity index is 1.24. The Morgan fingerprint density at radius 1 is 1.14 bits per heavy atom. The van der Waals surface area contributed by atoms with Gasteiger partial charge in [0.1, 0.15) is 0 Å². The Labute approximate surface area is 209 Å². The molecule has 1 amide bonds. The number of benzene rings is 1. The van der Waals surface area contributed by atoms with E-state index in [0.717, 1.165) is 53.8 Å². The maximum atomic E-state index is 13.8. The van der Waals surface area contributed by atoms with Gasteiger partial charge in [-0.15, -0.1) is 0 Å². The van der Waals surface area contributed by atoms with Crippen molar-refractivity contribution >= 4 is 28.5 Å². The second-order valence-electron chi connectivity index (χ2n) is 11.0. The smallest absolute Gasteiger partial charge is 0.254 e. The van der Waals surface area contributed by atoms with Gasteiger partial charge in [0.2, 0.25) is 0 Å². The number of fused-ring (bicyclic) bond motifs is 5. The molecular formula is C28H27N7O. The van der Waals surface area contributed by atoms with Gasteiger partial charge in [-0.2, -0.15) is 10.2 Å². The number of aromatic amines is 1. The summed E-state index contributed by atoms with van der Waals surface area (Å²) < 4.78 is 0. The Bertz CT molecular complexity index is 1560. The topological polar surface area (TPSA) is 99.5 Å². The van der Waals surface area contributed by atoms with Crippen molar-refractivity contribution in [3.63, 3.8) is 0 Å². The van der Waals surface area contributed by atoms with Crippen molar-refractivity contribution in [3.05, 3.63) is 77.0 Å². The molecule has 8 heteroatoms. The van der Waals surface area contributed by atoms with Crippen LogP contribution in [0.2, 0.25) is 0 Å². The van der Waals surface area contributed by atoms with Gasteiger partial charge >= 0.3 is 0 Å². The number of H-pyrrole nitrogens is 1. The number of aliphatic imine (C=N–C) groups is 2. The fraction of sp³-hybridized carbons (Fsp3) is 0.357. The molecule has 0 spiro atoms. The Morgan fingerprint density at radius 2 is 2.03 bits per heavy atom. The van der Waals surface area contributed by atoms with E-state index in [4.69, 9.17) is 9.98 Å². The second kappa shape index (κ2) is 7.29. The third-order valence-electron chi connectivity index (χ3n) is 9.09. The number of hydrogen-bond acceptors (Lipinski definition) is 6. The number of aromatic nitrogens is 4. The number of amidine groups is 1. The molecule has 0 radical (unpaired) electrons. The monoisotopic (exact) mass is 477 g/mol. The molecule has 1 saturated heterocycles. The fourth-order valence-electron chi connectivity index (χ4n) is 6.59. The number of carbonyl (C=O) groups excluding carboxylic acids is 1. The number of rotatable bonds is 2. The van der Waals surface area contributed by atoms with Gasteiger partial charge in [0.25, 0.3) is 5.91 Å². The van der Waals surface area contributed by atoms with E-state index < -0.39 is 0 Å². The van der Waals surface area contributed by atoms with E-state index in [1.54, 1.807) is 18.7 Å². The molecule has 4 aliphatic rings. The van der Waals surface area contributed by atoms with Crippen molar-refractivity contribution in [2.45, 2.75) is 46.1 Å². The van der Waals surface area contributed by atoms with Crippen LogP contribution < -0.4 is 0 Å². The van der Waals surface area contributed by atoms with Crippen molar-refractivity contribution in [1.29, 1.82) is 0 Å². The van der Waals surface area contributed by atoms with Gasteiger partial charge < -0.3 is 9.88 Å². The molecule has 1 aromatic carbocycles. The number of imidazole rings is 1. The highest BCUT2D eigenvalue weighted by Crippen LogP contribution is 2.61. The van der Waals surface area contributed by atoms with E-state index in [1.165, 1.54) is 11.1 Å². The zero-order chi connectivity index (χ0) is 24.7. The first kappa shape index (κ1) is 21.4. The van der Waals surface area contributed by atoms with Crippen molar-refractivity contribution in [1.82, 2.24) is 25.1 Å². The highest BCUT2D eigenvalue weighted by atomic mass is 16.2. The first-order chi connectivity index (χ1) is 17.3. The van der Waals surface area contributed by atoms with E-state index in [9.17, 15) is 4.79 Å². The van der Waals surface area contributed by atoms with E-state index in [0.29, 0.717) is 11.4 Å². The molecule has 8 nitrogen and oxygen atoms in total. The van der Waals surface area contributed by atoms with E-state index in [-0.39, 0.29) is 22.8 Å². The number of piperidine rings is 1. The molecule has 0 saturated carbocycles. The Morgan fingerprint density at radius 3 is 2.86 bits per heavy atom. The minimum Gasteiger partial charge on any atom is -0.345 e. The van der Waals surface area contributed by atoms with Crippen molar-refractivity contribution in [3.8, 4) is 0 Å². The highest BCUT2D eigenvalue weighted by Gasteiger charge is 2.58. The molecule has 36 heavy (non-hydrogen) atoms. The van der Waals surface area contributed by atoms with Crippen LogP contribution in [-0.4, -0.2) is 55.1 Å². The summed E-state index contributed by atoms with van der Waals surface area (Å²) in [5.74, 6) is 0.793. The van der Waals surface area contributed by atoms with Gasteiger partial charge in [0, 0.05) is 35.5 Å². The third-order valence-corrected chi connectivity index (χ3v) is 9.09. The lowest BCUT2D eigenvalue weighted by molar-refractivity contribution is -0.0461. The largest absolute Gasteiger partial charge is 0.345 e. The van der Waals surface area contributed by atoms with Crippen LogP contribution in [0.4, 0.5) is 0 Å². The molecule has 2 aromatic heterocycles. The van der Waals surface area contributed by atoms with Gasteiger partial charge in [-0.3, -0.25) is 4.79 Å². The predicted molar refractivity (Wildman–Crippen MR) is 138 cm³/mol. The summed E-state index contributed by atoms with van der Waals surface area (Å²) in [6.45, 7) is 7.77. The molecule has 180 valence electrons. The molecule has 2 aliphatic heterocycles. The average molecular weight is 478 g/mol. The average Bonchev–Trinajstić information content (AvgIpc) is 3.52. The SMILES string of the molecule is CC1(C)[C@H]2CC3=C(C=C4N=C(c5ccnnc5)N=C4C3)[C@@]1(C)CCN2C(=O)c1ccc2nc[nH]c2c1. The summed E-state index contributed by atoms with van der Waals surface area (Å²) in [7, 11) is 0. The molecule has 1 fully saturated rings. The van der Waals surface area contributed by atoms with Crippen LogP contribution in [0.25, 0.3) is 11.0 Å². The molecule has 2 atom stereocenters. The summed E-state index contributed by atoms with van der Waals surface area (Å²) in [6.07, 6.45) is 9.84. The van der Waals surface area contributed by atoms with Gasteiger partial charge in [0.05, 0.1) is 41.2 Å². The highest BCUT2D eigenvalue weighted by molar-refractivity contribution is 6.19. The van der Waals surface area contributed by atoms with Gasteiger partial charge in [-0.1, -0.05) is 26.3 Å². The number of hydrogen-bond donors (Lipinski definition) is 1. The lowest BCUT2D eigenvalue weighted by Gasteiger charge is -2.61. The first-order valence-electron chi connectivity index (χ1n) is 12.5. The summed E-state index contributed by atoms with van der Waals surface area (Å²) in [5, 5.41) is 7.85. The third kappa shape index (κ3) is 2.87. The van der Waals surface area contributed by atoms with Crippen LogP contribution >= 0.6 is 0 Å². The number of carbonyl (C=O) groups is 1. The Kier molecular flexibility index (Phi) is 4.32. The Hall–Kier alpha value is -3.94. The molecule has 2 bridgehead atoms. The summed E-state index contributed by atoms with van der Waals surface area (Å²) in [6, 6.07) is 7.75. The van der Waals surface area contributed by atoms with Crippen LogP contribution in [0.5, 0.6) is 0 Å². The minimum atomic E-state index is -0.0935. The van der Waals surface area contributed by atoms with Crippen LogP contribution in [-0.2, 0) is 0 Å². The first-order valence-corrected chi connectivity index (χ1v) is 12.5. The summed E-state index contributed by atoms with van der Waals surface area (Å²) in [4.78, 5) is 33.1. The zero-order valence-corrected chi connectivity index (χ0v) is 20.6. The number of nitrogens with one attached hydrogen (secondary N) is 1. The van der Waals surface area contributed by atoms with Crippen LogP contribution in [0, 0.1) is 10.8 Å². The molecular weight excluding hydrogens is 450 g/mol. The number of allylic oxidation sites excluding steroid dienone is 3. The number of amides is 1. The normalized spacial score (nSPS) is 26.2. The predicted octanol–water partition coefficient (Wildman–Crippen LogP) is 4.49. The van der Waals surface area contributed by atoms with Crippen molar-refractivity contribution in [2.24, 2.45) is 20.8 Å². The lowest BCUT2D eigenvalue weighted by Crippen LogP contribution is -2.62. The summed E-state index contributed by atoms with van der Waals surface area (Å²) >= 11 is 0. The van der Waals surface area contributed by atoms with E-state index in [2.05, 4.69) is 51.9 Å². The molecule has 4 heterocycles. The lowest BCUT2D eigenvalue weighted by atomic mass is 9.50. The quantitative estimate of drug-likeness (QED) is 0.588. The summed E-state index contributed by atoms with van der Waals surface area (Å²) in [5.41, 5.74) is 7.94. The van der Waals surface area contributed by atoms with E-state index in [1.807, 2.05) is 24.3 Å². The van der Waals surface area contributed by atoms with Gasteiger partial charge in [-0.05, 0) is 54.2 Å². The van der Waals surface area contributed by atoms with Crippen molar-refractivity contribution < 1.29 is 4.79 Å². The van der Waals surface area contributed by atoms with Crippen LogP contribution in [0.15, 0.2) is 75.9 Å². The maximum Gasteiger partial charge on any atom is 0.254 e. The van der Waals surface area contributed by atoms with E-state index >= 15 is 0 Å². The molecule has 1 N–H and O–H groups in total. The molecule has 0 unspecified atom stereocenters. The zero-order valence-electron chi connectivity index (χ0n) is 20.6. The molecule has 7 rings (SSSR count). The number of nitrogens with zero attached hydrogens (tertiary/aromatic N) is 6. The fourth-order valence-corrected chi connectivity index (χ4v) is 6.59. The van der Waals surface area contributed by atoms with Crippen molar-refractivity contribution in [2.75, 3.05) is 6.54 Å². The van der Waals surface area contributed by atoms with Crippen LogP contribution in [0.3, 0.4) is 0 Å². The molecule has 3 aromatic rings. The minimum absolute atomic E-state index is 0.0512.